The van der Waals surface area contributed by atoms with Crippen LogP contribution in [0.25, 0.3) is 0 Å². The van der Waals surface area contributed by atoms with Crippen LogP contribution in [-0.2, 0) is 0 Å². The molecule has 0 aromatic carbocycles. The summed E-state index contributed by atoms with van der Waals surface area (Å²) in [6.45, 7) is 2.86. The van der Waals surface area contributed by atoms with Crippen molar-refractivity contribution in [3.63, 3.8) is 0 Å². The summed E-state index contributed by atoms with van der Waals surface area (Å²) in [5.41, 5.74) is 7.38. The van der Waals surface area contributed by atoms with Crippen LogP contribution >= 0.6 is 0 Å². The Labute approximate surface area is 126 Å². The van der Waals surface area contributed by atoms with Gasteiger partial charge in [0, 0.05) is 32.5 Å². The molecule has 1 aromatic rings. The standard InChI is InChI=1S/C16H26N4O/c1-12-6-4-5-8-16(12,11-17)19-13-7-9-18-14(10-13)15(21)20(2)3/h7,9-10,12H,4-6,8,11,17H2,1-3H3,(H,18,19). The second-order valence-corrected chi connectivity index (χ2v) is 6.26. The van der Waals surface area contributed by atoms with E-state index in [1.807, 2.05) is 12.1 Å². The molecule has 5 nitrogen and oxygen atoms in total. The Balaban J connectivity index is 2.22. The molecule has 5 heteroatoms. The maximum Gasteiger partial charge on any atom is 0.272 e. The summed E-state index contributed by atoms with van der Waals surface area (Å²) < 4.78 is 0. The molecule has 0 aliphatic heterocycles. The number of hydrogen-bond acceptors (Lipinski definition) is 4. The van der Waals surface area contributed by atoms with Crippen LogP contribution in [0.3, 0.4) is 0 Å². The molecule has 21 heavy (non-hydrogen) atoms. The lowest BCUT2D eigenvalue weighted by Crippen LogP contribution is -2.52. The van der Waals surface area contributed by atoms with Crippen molar-refractivity contribution in [2.45, 2.75) is 38.1 Å². The average Bonchev–Trinajstić information content (AvgIpc) is 2.49. The molecule has 2 unspecified atom stereocenters. The zero-order chi connectivity index (χ0) is 15.5. The van der Waals surface area contributed by atoms with E-state index in [9.17, 15) is 4.79 Å². The van der Waals surface area contributed by atoms with E-state index >= 15 is 0 Å². The van der Waals surface area contributed by atoms with Crippen molar-refractivity contribution in [1.29, 1.82) is 0 Å². The summed E-state index contributed by atoms with van der Waals surface area (Å²) in [6, 6.07) is 3.73. The van der Waals surface area contributed by atoms with Gasteiger partial charge < -0.3 is 16.0 Å². The zero-order valence-corrected chi connectivity index (χ0v) is 13.2. The van der Waals surface area contributed by atoms with Crippen LogP contribution < -0.4 is 11.1 Å². The lowest BCUT2D eigenvalue weighted by Gasteiger charge is -2.43. The van der Waals surface area contributed by atoms with Gasteiger partial charge in [-0.3, -0.25) is 9.78 Å². The van der Waals surface area contributed by atoms with Crippen molar-refractivity contribution in [2.75, 3.05) is 26.0 Å². The minimum atomic E-state index is -0.0860. The number of rotatable bonds is 4. The van der Waals surface area contributed by atoms with Crippen molar-refractivity contribution in [1.82, 2.24) is 9.88 Å². The molecule has 116 valence electrons. The fourth-order valence-electron chi connectivity index (χ4n) is 3.10. The summed E-state index contributed by atoms with van der Waals surface area (Å²) in [7, 11) is 3.46. The molecule has 2 rings (SSSR count). The highest BCUT2D eigenvalue weighted by Gasteiger charge is 2.36. The van der Waals surface area contributed by atoms with Gasteiger partial charge in [0.25, 0.3) is 5.91 Å². The van der Waals surface area contributed by atoms with Crippen molar-refractivity contribution >= 4 is 11.6 Å². The molecule has 3 N–H and O–H groups in total. The number of hydrogen-bond donors (Lipinski definition) is 2. The summed E-state index contributed by atoms with van der Waals surface area (Å²) in [5.74, 6) is 0.439. The van der Waals surface area contributed by atoms with Gasteiger partial charge >= 0.3 is 0 Å². The predicted molar refractivity (Wildman–Crippen MR) is 85.3 cm³/mol. The van der Waals surface area contributed by atoms with Crippen LogP contribution in [0.4, 0.5) is 5.69 Å². The van der Waals surface area contributed by atoms with E-state index in [4.69, 9.17) is 5.73 Å². The van der Waals surface area contributed by atoms with Gasteiger partial charge in [-0.2, -0.15) is 0 Å². The molecular formula is C16H26N4O. The van der Waals surface area contributed by atoms with Gasteiger partial charge in [0.1, 0.15) is 5.69 Å². The molecule has 1 fully saturated rings. The minimum Gasteiger partial charge on any atom is -0.378 e. The molecule has 0 spiro atoms. The Kier molecular flexibility index (Phi) is 4.83. The summed E-state index contributed by atoms with van der Waals surface area (Å²) in [5, 5.41) is 3.59. The highest BCUT2D eigenvalue weighted by atomic mass is 16.2. The lowest BCUT2D eigenvalue weighted by atomic mass is 9.73. The summed E-state index contributed by atoms with van der Waals surface area (Å²) in [4.78, 5) is 17.7. The lowest BCUT2D eigenvalue weighted by molar-refractivity contribution is 0.0822. The summed E-state index contributed by atoms with van der Waals surface area (Å²) in [6.07, 6.45) is 6.41. The Bertz CT molecular complexity index is 503. The fraction of sp³-hybridized carbons (Fsp3) is 0.625. The van der Waals surface area contributed by atoms with E-state index in [2.05, 4.69) is 17.2 Å². The SMILES string of the molecule is CC1CCCCC1(CN)Nc1ccnc(C(=O)N(C)C)c1. The molecular weight excluding hydrogens is 264 g/mol. The van der Waals surface area contributed by atoms with Gasteiger partial charge in [0.2, 0.25) is 0 Å². The first-order valence-electron chi connectivity index (χ1n) is 7.64. The number of carbonyl (C=O) groups is 1. The van der Waals surface area contributed by atoms with E-state index < -0.39 is 0 Å². The molecule has 1 aliphatic rings. The van der Waals surface area contributed by atoms with E-state index in [0.717, 1.165) is 12.1 Å². The zero-order valence-electron chi connectivity index (χ0n) is 13.2. The van der Waals surface area contributed by atoms with Crippen molar-refractivity contribution < 1.29 is 4.79 Å². The van der Waals surface area contributed by atoms with E-state index in [-0.39, 0.29) is 11.4 Å². The predicted octanol–water partition coefficient (Wildman–Crippen LogP) is 2.10. The fourth-order valence-corrected chi connectivity index (χ4v) is 3.10. The first-order chi connectivity index (χ1) is 9.98. The molecule has 2 atom stereocenters. The quantitative estimate of drug-likeness (QED) is 0.891. The molecule has 1 saturated carbocycles. The minimum absolute atomic E-state index is 0.0714. The van der Waals surface area contributed by atoms with Gasteiger partial charge in [0.15, 0.2) is 0 Å². The first kappa shape index (κ1) is 15.8. The largest absolute Gasteiger partial charge is 0.378 e. The summed E-state index contributed by atoms with van der Waals surface area (Å²) >= 11 is 0. The van der Waals surface area contributed by atoms with Crippen LogP contribution in [-0.4, -0.2) is 42.0 Å². The number of nitrogens with zero attached hydrogens (tertiary/aromatic N) is 2. The molecule has 1 heterocycles. The molecule has 1 aromatic heterocycles. The number of amides is 1. The third-order valence-electron chi connectivity index (χ3n) is 4.60. The number of nitrogens with two attached hydrogens (primary N) is 1. The van der Waals surface area contributed by atoms with E-state index in [1.54, 1.807) is 20.3 Å². The normalized spacial score (nSPS) is 25.4. The van der Waals surface area contributed by atoms with Gasteiger partial charge in [-0.05, 0) is 30.9 Å². The molecule has 0 bridgehead atoms. The Morgan fingerprint density at radius 1 is 1.52 bits per heavy atom. The number of anilines is 1. The molecule has 1 amide bonds. The molecule has 0 saturated heterocycles. The maximum atomic E-state index is 12.0. The number of aromatic nitrogens is 1. The third kappa shape index (κ3) is 3.35. The van der Waals surface area contributed by atoms with Crippen molar-refractivity contribution in [2.24, 2.45) is 11.7 Å². The Hall–Kier alpha value is -1.62. The van der Waals surface area contributed by atoms with Crippen LogP contribution in [0.5, 0.6) is 0 Å². The second-order valence-electron chi connectivity index (χ2n) is 6.26. The van der Waals surface area contributed by atoms with Crippen molar-refractivity contribution in [3.8, 4) is 0 Å². The van der Waals surface area contributed by atoms with Gasteiger partial charge in [-0.1, -0.05) is 19.8 Å². The van der Waals surface area contributed by atoms with E-state index in [0.29, 0.717) is 18.2 Å². The topological polar surface area (TPSA) is 71.2 Å². The van der Waals surface area contributed by atoms with E-state index in [1.165, 1.54) is 24.2 Å². The number of nitrogens with one attached hydrogen (secondary N) is 1. The molecule has 1 aliphatic carbocycles. The van der Waals surface area contributed by atoms with Gasteiger partial charge in [0.05, 0.1) is 5.54 Å². The first-order valence-corrected chi connectivity index (χ1v) is 7.64. The number of carbonyl (C=O) groups excluding carboxylic acids is 1. The molecule has 0 radical (unpaired) electrons. The average molecular weight is 290 g/mol. The Morgan fingerprint density at radius 3 is 2.90 bits per heavy atom. The van der Waals surface area contributed by atoms with Crippen LogP contribution in [0.2, 0.25) is 0 Å². The smallest absolute Gasteiger partial charge is 0.272 e. The second kappa shape index (κ2) is 6.43. The number of pyridine rings is 1. The third-order valence-corrected chi connectivity index (χ3v) is 4.60. The van der Waals surface area contributed by atoms with Crippen LogP contribution in [0.15, 0.2) is 18.3 Å². The monoisotopic (exact) mass is 290 g/mol. The van der Waals surface area contributed by atoms with Crippen LogP contribution in [0, 0.1) is 5.92 Å². The van der Waals surface area contributed by atoms with Crippen molar-refractivity contribution in [3.05, 3.63) is 24.0 Å². The van der Waals surface area contributed by atoms with Gasteiger partial charge in [-0.25, -0.2) is 0 Å². The van der Waals surface area contributed by atoms with Gasteiger partial charge in [-0.15, -0.1) is 0 Å². The maximum absolute atomic E-state index is 12.0. The van der Waals surface area contributed by atoms with Crippen LogP contribution in [0.1, 0.15) is 43.1 Å². The Morgan fingerprint density at radius 2 is 2.29 bits per heavy atom. The highest BCUT2D eigenvalue weighted by Crippen LogP contribution is 2.35. The highest BCUT2D eigenvalue weighted by molar-refractivity contribution is 5.92.